The average Bonchev–Trinajstić information content (AvgIpc) is 2.43. The van der Waals surface area contributed by atoms with Crippen molar-refractivity contribution in [2.45, 2.75) is 19.4 Å². The Kier molecular flexibility index (Phi) is 1.88. The summed E-state index contributed by atoms with van der Waals surface area (Å²) in [5.74, 6) is 0.784. The standard InChI is InChI=1S/C10H13NO2/c1-7-5-8-3-4-9(13-2)6-10(8)11(7)12/h3-4,6-7,12H,5H2,1-2H3. The summed E-state index contributed by atoms with van der Waals surface area (Å²) >= 11 is 0. The SMILES string of the molecule is COc1ccc2c(c1)N(O)C(C)C2. The molecule has 0 aromatic heterocycles. The lowest BCUT2D eigenvalue weighted by Crippen LogP contribution is -2.24. The topological polar surface area (TPSA) is 32.7 Å². The van der Waals surface area contributed by atoms with E-state index in [2.05, 4.69) is 0 Å². The van der Waals surface area contributed by atoms with Gasteiger partial charge in [-0.15, -0.1) is 0 Å². The van der Waals surface area contributed by atoms with Gasteiger partial charge in [-0.3, -0.25) is 10.3 Å². The van der Waals surface area contributed by atoms with Gasteiger partial charge in [-0.2, -0.15) is 0 Å². The molecule has 0 radical (unpaired) electrons. The minimum atomic E-state index is 0.169. The number of hydrogen-bond donors (Lipinski definition) is 1. The fourth-order valence-electron chi connectivity index (χ4n) is 1.70. The third-order valence-corrected chi connectivity index (χ3v) is 2.47. The van der Waals surface area contributed by atoms with Gasteiger partial charge in [0.05, 0.1) is 18.8 Å². The summed E-state index contributed by atoms with van der Waals surface area (Å²) in [6, 6.07) is 5.95. The van der Waals surface area contributed by atoms with Gasteiger partial charge in [-0.05, 0) is 25.0 Å². The number of ether oxygens (including phenoxy) is 1. The second-order valence-electron chi connectivity index (χ2n) is 3.39. The molecule has 2 rings (SSSR count). The Morgan fingerprint density at radius 3 is 3.00 bits per heavy atom. The first kappa shape index (κ1) is 8.38. The molecule has 1 N–H and O–H groups in total. The molecule has 3 nitrogen and oxygen atoms in total. The number of benzene rings is 1. The van der Waals surface area contributed by atoms with Crippen molar-refractivity contribution in [3.8, 4) is 5.75 Å². The zero-order valence-electron chi connectivity index (χ0n) is 7.82. The van der Waals surface area contributed by atoms with Crippen LogP contribution in [0.15, 0.2) is 18.2 Å². The largest absolute Gasteiger partial charge is 0.497 e. The van der Waals surface area contributed by atoms with Crippen LogP contribution < -0.4 is 9.80 Å². The van der Waals surface area contributed by atoms with Gasteiger partial charge in [0.15, 0.2) is 0 Å². The number of nitrogens with zero attached hydrogens (tertiary/aromatic N) is 1. The highest BCUT2D eigenvalue weighted by Crippen LogP contribution is 2.33. The van der Waals surface area contributed by atoms with E-state index in [1.54, 1.807) is 7.11 Å². The maximum absolute atomic E-state index is 9.65. The summed E-state index contributed by atoms with van der Waals surface area (Å²) in [5.41, 5.74) is 2.04. The molecule has 1 heterocycles. The molecule has 0 saturated heterocycles. The molecule has 0 fully saturated rings. The summed E-state index contributed by atoms with van der Waals surface area (Å²) in [6.45, 7) is 1.99. The molecule has 0 saturated carbocycles. The van der Waals surface area contributed by atoms with Crippen LogP contribution in [0.5, 0.6) is 5.75 Å². The first-order valence-electron chi connectivity index (χ1n) is 4.37. The normalized spacial score (nSPS) is 20.2. The lowest BCUT2D eigenvalue weighted by molar-refractivity contribution is 0.232. The maximum Gasteiger partial charge on any atom is 0.121 e. The van der Waals surface area contributed by atoms with E-state index >= 15 is 0 Å². The Morgan fingerprint density at radius 2 is 2.31 bits per heavy atom. The minimum Gasteiger partial charge on any atom is -0.497 e. The van der Waals surface area contributed by atoms with E-state index in [0.717, 1.165) is 17.9 Å². The molecule has 0 bridgehead atoms. The van der Waals surface area contributed by atoms with Gasteiger partial charge in [0.1, 0.15) is 5.75 Å². The van der Waals surface area contributed by atoms with E-state index in [4.69, 9.17) is 4.74 Å². The highest BCUT2D eigenvalue weighted by Gasteiger charge is 2.24. The zero-order chi connectivity index (χ0) is 9.42. The number of methoxy groups -OCH3 is 1. The Bertz CT molecular complexity index is 325. The number of anilines is 1. The van der Waals surface area contributed by atoms with E-state index in [-0.39, 0.29) is 6.04 Å². The number of rotatable bonds is 1. The van der Waals surface area contributed by atoms with Crippen molar-refractivity contribution >= 4 is 5.69 Å². The second-order valence-corrected chi connectivity index (χ2v) is 3.39. The van der Waals surface area contributed by atoms with Crippen LogP contribution in [0.4, 0.5) is 5.69 Å². The van der Waals surface area contributed by atoms with Crippen LogP contribution >= 0.6 is 0 Å². The molecule has 1 aliphatic rings. The lowest BCUT2D eigenvalue weighted by Gasteiger charge is -2.15. The van der Waals surface area contributed by atoms with Gasteiger partial charge in [0, 0.05) is 6.07 Å². The van der Waals surface area contributed by atoms with Crippen molar-refractivity contribution in [1.29, 1.82) is 0 Å². The van der Waals surface area contributed by atoms with E-state index in [1.165, 1.54) is 10.6 Å². The van der Waals surface area contributed by atoms with Gasteiger partial charge >= 0.3 is 0 Å². The Hall–Kier alpha value is -1.22. The van der Waals surface area contributed by atoms with E-state index < -0.39 is 0 Å². The molecule has 1 aromatic rings. The van der Waals surface area contributed by atoms with Crippen LogP contribution in [0.1, 0.15) is 12.5 Å². The number of hydroxylamine groups is 1. The summed E-state index contributed by atoms with van der Waals surface area (Å²) in [7, 11) is 1.63. The summed E-state index contributed by atoms with van der Waals surface area (Å²) in [4.78, 5) is 0. The van der Waals surface area contributed by atoms with Crippen LogP contribution in [0.25, 0.3) is 0 Å². The third-order valence-electron chi connectivity index (χ3n) is 2.47. The summed E-state index contributed by atoms with van der Waals surface area (Å²) < 4.78 is 5.09. The Labute approximate surface area is 77.5 Å². The number of hydrogen-bond acceptors (Lipinski definition) is 3. The molecule has 0 spiro atoms. The van der Waals surface area contributed by atoms with Crippen molar-refractivity contribution < 1.29 is 9.94 Å². The van der Waals surface area contributed by atoms with Crippen LogP contribution in [0.3, 0.4) is 0 Å². The fourth-order valence-corrected chi connectivity index (χ4v) is 1.70. The van der Waals surface area contributed by atoms with Gasteiger partial charge in [-0.1, -0.05) is 6.07 Å². The quantitative estimate of drug-likeness (QED) is 0.714. The van der Waals surface area contributed by atoms with Crippen LogP contribution in [-0.2, 0) is 6.42 Å². The first-order valence-corrected chi connectivity index (χ1v) is 4.37. The molecule has 1 atom stereocenters. The predicted molar refractivity (Wildman–Crippen MR) is 50.4 cm³/mol. The van der Waals surface area contributed by atoms with Gasteiger partial charge in [-0.25, -0.2) is 0 Å². The fraction of sp³-hybridized carbons (Fsp3) is 0.400. The van der Waals surface area contributed by atoms with Crippen molar-refractivity contribution in [1.82, 2.24) is 0 Å². The minimum absolute atomic E-state index is 0.169. The van der Waals surface area contributed by atoms with Crippen molar-refractivity contribution in [2.75, 3.05) is 12.2 Å². The highest BCUT2D eigenvalue weighted by molar-refractivity contribution is 5.59. The molecule has 1 unspecified atom stereocenters. The summed E-state index contributed by atoms with van der Waals surface area (Å²) in [6.07, 6.45) is 0.899. The summed E-state index contributed by atoms with van der Waals surface area (Å²) in [5, 5.41) is 11.0. The molecule has 70 valence electrons. The molecule has 3 heteroatoms. The van der Waals surface area contributed by atoms with Gasteiger partial charge < -0.3 is 4.74 Å². The number of fused-ring (bicyclic) bond motifs is 1. The lowest BCUT2D eigenvalue weighted by atomic mass is 10.1. The van der Waals surface area contributed by atoms with Gasteiger partial charge in [0.2, 0.25) is 0 Å². The molecular weight excluding hydrogens is 166 g/mol. The second kappa shape index (κ2) is 2.92. The zero-order valence-corrected chi connectivity index (χ0v) is 7.82. The van der Waals surface area contributed by atoms with Gasteiger partial charge in [0.25, 0.3) is 0 Å². The molecule has 1 aromatic carbocycles. The predicted octanol–water partition coefficient (Wildman–Crippen LogP) is 1.84. The maximum atomic E-state index is 9.65. The average molecular weight is 179 g/mol. The Balaban J connectivity index is 2.42. The van der Waals surface area contributed by atoms with Crippen molar-refractivity contribution in [2.24, 2.45) is 0 Å². The molecular formula is C10H13NO2. The van der Waals surface area contributed by atoms with E-state index in [1.807, 2.05) is 25.1 Å². The molecule has 0 amide bonds. The molecule has 1 aliphatic heterocycles. The smallest absolute Gasteiger partial charge is 0.121 e. The third kappa shape index (κ3) is 1.25. The van der Waals surface area contributed by atoms with Crippen LogP contribution in [0.2, 0.25) is 0 Å². The van der Waals surface area contributed by atoms with E-state index in [9.17, 15) is 5.21 Å². The Morgan fingerprint density at radius 1 is 1.54 bits per heavy atom. The van der Waals surface area contributed by atoms with Crippen LogP contribution in [-0.4, -0.2) is 18.4 Å². The molecule has 0 aliphatic carbocycles. The van der Waals surface area contributed by atoms with E-state index in [0.29, 0.717) is 0 Å². The highest BCUT2D eigenvalue weighted by atomic mass is 16.5. The van der Waals surface area contributed by atoms with Crippen molar-refractivity contribution in [3.63, 3.8) is 0 Å². The van der Waals surface area contributed by atoms with Crippen LogP contribution in [0, 0.1) is 0 Å². The molecule has 13 heavy (non-hydrogen) atoms. The first-order chi connectivity index (χ1) is 6.22. The monoisotopic (exact) mass is 179 g/mol. The van der Waals surface area contributed by atoms with Crippen molar-refractivity contribution in [3.05, 3.63) is 23.8 Å².